The third-order valence-electron chi connectivity index (χ3n) is 4.07. The maximum Gasteiger partial charge on any atom is 0.253 e. The number of likely N-dealkylation sites (N-methyl/N-ethyl adjacent to an activating group) is 1. The van der Waals surface area contributed by atoms with Gasteiger partial charge in [-0.25, -0.2) is 0 Å². The molecule has 2 aliphatic rings. The Balaban J connectivity index is 0.00000147. The Morgan fingerprint density at radius 1 is 1.20 bits per heavy atom. The molecule has 0 unspecified atom stereocenters. The molecule has 0 radical (unpaired) electrons. The van der Waals surface area contributed by atoms with Gasteiger partial charge in [0.15, 0.2) is 0 Å². The Morgan fingerprint density at radius 2 is 2.05 bits per heavy atom. The number of fused-ring (bicyclic) bond motifs is 1. The maximum atomic E-state index is 12.5. The first-order valence-corrected chi connectivity index (χ1v) is 7.08. The fraction of sp³-hybridized carbons (Fsp3) is 0.533. The molecule has 1 saturated heterocycles. The fourth-order valence-electron chi connectivity index (χ4n) is 2.87. The van der Waals surface area contributed by atoms with E-state index in [1.54, 1.807) is 0 Å². The average molecular weight is 296 g/mol. The molecule has 0 aliphatic carbocycles. The zero-order valence-electron chi connectivity index (χ0n) is 11.9. The molecule has 0 bridgehead atoms. The van der Waals surface area contributed by atoms with Crippen LogP contribution in [-0.2, 0) is 6.42 Å². The first-order valence-electron chi connectivity index (χ1n) is 7.08. The largest absolute Gasteiger partial charge is 0.384 e. The number of benzene rings is 1. The van der Waals surface area contributed by atoms with Gasteiger partial charge >= 0.3 is 0 Å². The number of anilines is 1. The van der Waals surface area contributed by atoms with Gasteiger partial charge in [0.2, 0.25) is 0 Å². The lowest BCUT2D eigenvalue weighted by molar-refractivity contribution is 0.0763. The summed E-state index contributed by atoms with van der Waals surface area (Å²) in [5.74, 6) is 0.185. The summed E-state index contributed by atoms with van der Waals surface area (Å²) in [5, 5.41) is 3.33. The first kappa shape index (κ1) is 15.1. The molecule has 3 rings (SSSR count). The van der Waals surface area contributed by atoms with Crippen LogP contribution in [0, 0.1) is 0 Å². The molecular formula is C15H22ClN3O. The molecule has 2 aliphatic heterocycles. The third-order valence-corrected chi connectivity index (χ3v) is 4.07. The van der Waals surface area contributed by atoms with E-state index in [4.69, 9.17) is 0 Å². The van der Waals surface area contributed by atoms with Crippen LogP contribution in [0.3, 0.4) is 0 Å². The number of carbonyl (C=O) groups is 1. The Bertz CT molecular complexity index is 492. The Kier molecular flexibility index (Phi) is 4.89. The van der Waals surface area contributed by atoms with Crippen LogP contribution >= 0.6 is 12.4 Å². The fourth-order valence-corrected chi connectivity index (χ4v) is 2.87. The molecule has 20 heavy (non-hydrogen) atoms. The predicted molar refractivity (Wildman–Crippen MR) is 83.9 cm³/mol. The molecule has 1 N–H and O–H groups in total. The summed E-state index contributed by atoms with van der Waals surface area (Å²) in [6, 6.07) is 6.06. The van der Waals surface area contributed by atoms with Gasteiger partial charge in [-0.15, -0.1) is 12.4 Å². The topological polar surface area (TPSA) is 35.6 Å². The Hall–Kier alpha value is -1.26. The number of nitrogens with one attached hydrogen (secondary N) is 1. The van der Waals surface area contributed by atoms with E-state index in [2.05, 4.69) is 23.3 Å². The minimum Gasteiger partial charge on any atom is -0.384 e. The van der Waals surface area contributed by atoms with Gasteiger partial charge in [-0.2, -0.15) is 0 Å². The molecule has 0 aromatic heterocycles. The van der Waals surface area contributed by atoms with E-state index in [1.165, 1.54) is 11.3 Å². The Morgan fingerprint density at radius 3 is 2.90 bits per heavy atom. The summed E-state index contributed by atoms with van der Waals surface area (Å²) in [4.78, 5) is 16.8. The zero-order chi connectivity index (χ0) is 13.2. The number of nitrogens with zero attached hydrogens (tertiary/aromatic N) is 2. The number of amides is 1. The van der Waals surface area contributed by atoms with Crippen molar-refractivity contribution in [3.63, 3.8) is 0 Å². The summed E-state index contributed by atoms with van der Waals surface area (Å²) in [6.45, 7) is 4.75. The lowest BCUT2D eigenvalue weighted by Crippen LogP contribution is -2.34. The highest BCUT2D eigenvalue weighted by Gasteiger charge is 2.20. The molecule has 4 nitrogen and oxygen atoms in total. The normalized spacial score (nSPS) is 18.8. The van der Waals surface area contributed by atoms with Gasteiger partial charge in [0.1, 0.15) is 0 Å². The van der Waals surface area contributed by atoms with Crippen molar-refractivity contribution in [1.82, 2.24) is 9.80 Å². The van der Waals surface area contributed by atoms with Crippen LogP contribution in [0.5, 0.6) is 0 Å². The minimum atomic E-state index is 0. The van der Waals surface area contributed by atoms with Gasteiger partial charge in [-0.05, 0) is 50.2 Å². The predicted octanol–water partition coefficient (Wildman–Crippen LogP) is 1.85. The van der Waals surface area contributed by atoms with Gasteiger partial charge < -0.3 is 15.1 Å². The average Bonchev–Trinajstić information content (AvgIpc) is 2.78. The van der Waals surface area contributed by atoms with Crippen LogP contribution < -0.4 is 5.32 Å². The minimum absolute atomic E-state index is 0. The molecular weight excluding hydrogens is 274 g/mol. The number of carbonyl (C=O) groups excluding carboxylic acids is 1. The monoisotopic (exact) mass is 295 g/mol. The SMILES string of the molecule is CN1CCCN(C(=O)c2ccc3c(c2)CCN3)CC1.Cl. The maximum absolute atomic E-state index is 12.5. The van der Waals surface area contributed by atoms with Gasteiger partial charge in [0, 0.05) is 37.4 Å². The molecule has 0 atom stereocenters. The summed E-state index contributed by atoms with van der Waals surface area (Å²) < 4.78 is 0. The second-order valence-electron chi connectivity index (χ2n) is 5.50. The van der Waals surface area contributed by atoms with E-state index >= 15 is 0 Å². The number of halogens is 1. The second-order valence-corrected chi connectivity index (χ2v) is 5.50. The van der Waals surface area contributed by atoms with Crippen molar-refractivity contribution < 1.29 is 4.79 Å². The van der Waals surface area contributed by atoms with Crippen LogP contribution in [0.1, 0.15) is 22.3 Å². The second kappa shape index (κ2) is 6.46. The van der Waals surface area contributed by atoms with Crippen molar-refractivity contribution in [2.24, 2.45) is 0 Å². The summed E-state index contributed by atoms with van der Waals surface area (Å²) in [5.41, 5.74) is 3.30. The Labute approximate surface area is 126 Å². The molecule has 0 saturated carbocycles. The van der Waals surface area contributed by atoms with Gasteiger partial charge in [0.05, 0.1) is 0 Å². The van der Waals surface area contributed by atoms with Crippen LogP contribution in [-0.4, -0.2) is 55.5 Å². The van der Waals surface area contributed by atoms with E-state index in [1.807, 2.05) is 17.0 Å². The highest BCUT2D eigenvalue weighted by Crippen LogP contribution is 2.23. The molecule has 2 heterocycles. The van der Waals surface area contributed by atoms with Gasteiger partial charge in [0.25, 0.3) is 5.91 Å². The van der Waals surface area contributed by atoms with Crippen LogP contribution in [0.15, 0.2) is 18.2 Å². The van der Waals surface area contributed by atoms with Crippen LogP contribution in [0.25, 0.3) is 0 Å². The van der Waals surface area contributed by atoms with E-state index in [9.17, 15) is 4.79 Å². The number of rotatable bonds is 1. The third kappa shape index (κ3) is 3.07. The lowest BCUT2D eigenvalue weighted by atomic mass is 10.1. The van der Waals surface area contributed by atoms with E-state index in [0.29, 0.717) is 0 Å². The standard InChI is InChI=1S/C15H21N3O.ClH/c1-17-7-2-8-18(10-9-17)15(19)13-3-4-14-12(11-13)5-6-16-14;/h3-4,11,16H,2,5-10H2,1H3;1H. The molecule has 1 aromatic rings. The lowest BCUT2D eigenvalue weighted by Gasteiger charge is -2.21. The smallest absolute Gasteiger partial charge is 0.253 e. The van der Waals surface area contributed by atoms with Crippen molar-refractivity contribution in [2.75, 3.05) is 45.1 Å². The molecule has 1 amide bonds. The summed E-state index contributed by atoms with van der Waals surface area (Å²) in [7, 11) is 2.12. The molecule has 0 spiro atoms. The number of hydrogen-bond donors (Lipinski definition) is 1. The molecule has 1 aromatic carbocycles. The van der Waals surface area contributed by atoms with Gasteiger partial charge in [-0.3, -0.25) is 4.79 Å². The van der Waals surface area contributed by atoms with Gasteiger partial charge in [-0.1, -0.05) is 0 Å². The van der Waals surface area contributed by atoms with Crippen molar-refractivity contribution in [1.29, 1.82) is 0 Å². The van der Waals surface area contributed by atoms with Crippen LogP contribution in [0.4, 0.5) is 5.69 Å². The summed E-state index contributed by atoms with van der Waals surface area (Å²) in [6.07, 6.45) is 2.09. The van der Waals surface area contributed by atoms with Crippen molar-refractivity contribution in [3.05, 3.63) is 29.3 Å². The molecule has 1 fully saturated rings. The quantitative estimate of drug-likeness (QED) is 0.859. The molecule has 5 heteroatoms. The van der Waals surface area contributed by atoms with Crippen molar-refractivity contribution >= 4 is 24.0 Å². The van der Waals surface area contributed by atoms with E-state index in [0.717, 1.165) is 51.1 Å². The summed E-state index contributed by atoms with van der Waals surface area (Å²) >= 11 is 0. The number of hydrogen-bond acceptors (Lipinski definition) is 3. The molecule has 110 valence electrons. The van der Waals surface area contributed by atoms with Crippen molar-refractivity contribution in [3.8, 4) is 0 Å². The highest BCUT2D eigenvalue weighted by molar-refractivity contribution is 5.95. The first-order chi connectivity index (χ1) is 9.24. The van der Waals surface area contributed by atoms with E-state index < -0.39 is 0 Å². The van der Waals surface area contributed by atoms with Crippen molar-refractivity contribution in [2.45, 2.75) is 12.8 Å². The highest BCUT2D eigenvalue weighted by atomic mass is 35.5. The zero-order valence-corrected chi connectivity index (χ0v) is 12.7. The van der Waals surface area contributed by atoms with E-state index in [-0.39, 0.29) is 18.3 Å². The van der Waals surface area contributed by atoms with Crippen LogP contribution in [0.2, 0.25) is 0 Å².